The highest BCUT2D eigenvalue weighted by Gasteiger charge is 2.17. The summed E-state index contributed by atoms with van der Waals surface area (Å²) in [5.41, 5.74) is 2.51. The van der Waals surface area contributed by atoms with E-state index < -0.39 is 0 Å². The van der Waals surface area contributed by atoms with Gasteiger partial charge in [-0.2, -0.15) is 0 Å². The van der Waals surface area contributed by atoms with Crippen molar-refractivity contribution in [2.75, 3.05) is 6.54 Å². The van der Waals surface area contributed by atoms with Crippen molar-refractivity contribution in [3.63, 3.8) is 0 Å². The van der Waals surface area contributed by atoms with Crippen molar-refractivity contribution < 1.29 is 0 Å². The van der Waals surface area contributed by atoms with Gasteiger partial charge >= 0.3 is 0 Å². The van der Waals surface area contributed by atoms with Crippen LogP contribution in [0.3, 0.4) is 0 Å². The van der Waals surface area contributed by atoms with E-state index in [1.807, 2.05) is 0 Å². The predicted octanol–water partition coefficient (Wildman–Crippen LogP) is 1.79. The molecule has 0 saturated heterocycles. The van der Waals surface area contributed by atoms with Gasteiger partial charge in [0.15, 0.2) is 11.8 Å². The zero-order valence-corrected chi connectivity index (χ0v) is 13.8. The molecule has 23 heavy (non-hydrogen) atoms. The van der Waals surface area contributed by atoms with Crippen molar-refractivity contribution in [1.29, 1.82) is 0 Å². The first-order valence-corrected chi connectivity index (χ1v) is 8.25. The van der Waals surface area contributed by atoms with Crippen LogP contribution in [0.1, 0.15) is 36.1 Å². The number of aromatic nitrogens is 3. The molecule has 6 nitrogen and oxygen atoms in total. The Morgan fingerprint density at radius 2 is 2.13 bits per heavy atom. The van der Waals surface area contributed by atoms with E-state index in [9.17, 15) is 0 Å². The number of nitrogens with zero attached hydrogens (tertiary/aromatic N) is 4. The molecule has 0 fully saturated rings. The SMILES string of the molecule is CCNC(=NCc1ccccc1C)NCc1nnc2n1CCC2. The van der Waals surface area contributed by atoms with Crippen LogP contribution in [0, 0.1) is 6.92 Å². The van der Waals surface area contributed by atoms with Crippen LogP contribution >= 0.6 is 0 Å². The Bertz CT molecular complexity index is 688. The number of fused-ring (bicyclic) bond motifs is 1. The summed E-state index contributed by atoms with van der Waals surface area (Å²) in [5, 5.41) is 15.2. The van der Waals surface area contributed by atoms with Gasteiger partial charge in [0.1, 0.15) is 5.82 Å². The van der Waals surface area contributed by atoms with E-state index in [1.54, 1.807) is 0 Å². The molecule has 3 rings (SSSR count). The van der Waals surface area contributed by atoms with Gasteiger partial charge in [-0.3, -0.25) is 0 Å². The lowest BCUT2D eigenvalue weighted by Crippen LogP contribution is -2.37. The van der Waals surface area contributed by atoms with E-state index in [-0.39, 0.29) is 0 Å². The molecule has 0 bridgehead atoms. The van der Waals surface area contributed by atoms with Gasteiger partial charge < -0.3 is 15.2 Å². The largest absolute Gasteiger partial charge is 0.357 e. The fourth-order valence-corrected chi connectivity index (χ4v) is 2.80. The van der Waals surface area contributed by atoms with Crippen molar-refractivity contribution in [3.8, 4) is 0 Å². The number of nitrogens with one attached hydrogen (secondary N) is 2. The van der Waals surface area contributed by atoms with Crippen molar-refractivity contribution in [2.24, 2.45) is 4.99 Å². The first-order valence-electron chi connectivity index (χ1n) is 8.25. The fraction of sp³-hybridized carbons (Fsp3) is 0.471. The van der Waals surface area contributed by atoms with Crippen molar-refractivity contribution in [2.45, 2.75) is 46.3 Å². The Morgan fingerprint density at radius 1 is 1.26 bits per heavy atom. The van der Waals surface area contributed by atoms with E-state index in [4.69, 9.17) is 0 Å². The maximum Gasteiger partial charge on any atom is 0.191 e. The third kappa shape index (κ3) is 3.70. The highest BCUT2D eigenvalue weighted by atomic mass is 15.3. The average Bonchev–Trinajstić information content (AvgIpc) is 3.15. The molecular formula is C17H24N6. The van der Waals surface area contributed by atoms with E-state index in [2.05, 4.69) is 68.5 Å². The number of rotatable bonds is 5. The molecule has 2 heterocycles. The highest BCUT2D eigenvalue weighted by molar-refractivity contribution is 5.79. The maximum absolute atomic E-state index is 4.67. The molecule has 1 aliphatic rings. The second-order valence-corrected chi connectivity index (χ2v) is 5.76. The third-order valence-electron chi connectivity index (χ3n) is 4.11. The molecule has 0 saturated carbocycles. The van der Waals surface area contributed by atoms with Crippen LogP contribution in [-0.4, -0.2) is 27.3 Å². The fourth-order valence-electron chi connectivity index (χ4n) is 2.80. The van der Waals surface area contributed by atoms with Crippen molar-refractivity contribution in [3.05, 3.63) is 47.0 Å². The first-order chi connectivity index (χ1) is 11.3. The number of aliphatic imine (C=N–C) groups is 1. The topological polar surface area (TPSA) is 67.1 Å². The molecule has 0 radical (unpaired) electrons. The van der Waals surface area contributed by atoms with Crippen molar-refractivity contribution >= 4 is 5.96 Å². The quantitative estimate of drug-likeness (QED) is 0.652. The summed E-state index contributed by atoms with van der Waals surface area (Å²) >= 11 is 0. The molecule has 0 amide bonds. The second kappa shape index (κ2) is 7.26. The van der Waals surface area contributed by atoms with Crippen LogP contribution in [0.15, 0.2) is 29.3 Å². The summed E-state index contributed by atoms with van der Waals surface area (Å²) in [4.78, 5) is 4.67. The molecule has 0 atom stereocenters. The maximum atomic E-state index is 4.67. The summed E-state index contributed by atoms with van der Waals surface area (Å²) in [6.45, 7) is 7.35. The molecular weight excluding hydrogens is 288 g/mol. The molecule has 6 heteroatoms. The van der Waals surface area contributed by atoms with E-state index in [1.165, 1.54) is 17.5 Å². The summed E-state index contributed by atoms with van der Waals surface area (Å²) in [5.74, 6) is 2.90. The number of hydrogen-bond donors (Lipinski definition) is 2. The minimum Gasteiger partial charge on any atom is -0.357 e. The molecule has 2 aromatic rings. The molecule has 1 aromatic heterocycles. The van der Waals surface area contributed by atoms with Gasteiger partial charge in [-0.15, -0.1) is 10.2 Å². The van der Waals surface area contributed by atoms with Crippen LogP contribution in [0.4, 0.5) is 0 Å². The highest BCUT2D eigenvalue weighted by Crippen LogP contribution is 2.13. The molecule has 2 N–H and O–H groups in total. The standard InChI is InChI=1S/C17H24N6/c1-3-18-17(19-11-14-8-5-4-7-13(14)2)20-12-16-22-21-15-9-6-10-23(15)16/h4-5,7-8H,3,6,9-12H2,1-2H3,(H2,18,19,20). The smallest absolute Gasteiger partial charge is 0.191 e. The van der Waals surface area contributed by atoms with Gasteiger partial charge in [-0.05, 0) is 31.4 Å². The normalized spacial score (nSPS) is 13.9. The molecule has 0 spiro atoms. The van der Waals surface area contributed by atoms with Gasteiger partial charge in [-0.1, -0.05) is 24.3 Å². The van der Waals surface area contributed by atoms with Gasteiger partial charge in [0.05, 0.1) is 13.1 Å². The minimum atomic E-state index is 0.645. The summed E-state index contributed by atoms with van der Waals surface area (Å²) in [6, 6.07) is 8.34. The van der Waals surface area contributed by atoms with E-state index in [0.717, 1.165) is 37.1 Å². The monoisotopic (exact) mass is 312 g/mol. The number of guanidine groups is 1. The molecule has 1 aliphatic heterocycles. The zero-order valence-electron chi connectivity index (χ0n) is 13.8. The van der Waals surface area contributed by atoms with Gasteiger partial charge in [0, 0.05) is 19.5 Å². The van der Waals surface area contributed by atoms with Crippen molar-refractivity contribution in [1.82, 2.24) is 25.4 Å². The number of hydrogen-bond acceptors (Lipinski definition) is 3. The van der Waals surface area contributed by atoms with E-state index >= 15 is 0 Å². The van der Waals surface area contributed by atoms with E-state index in [0.29, 0.717) is 13.1 Å². The summed E-state index contributed by atoms with van der Waals surface area (Å²) in [7, 11) is 0. The summed E-state index contributed by atoms with van der Waals surface area (Å²) < 4.78 is 2.21. The molecule has 0 unspecified atom stereocenters. The number of aryl methyl sites for hydroxylation is 2. The summed E-state index contributed by atoms with van der Waals surface area (Å²) in [6.07, 6.45) is 2.20. The Hall–Kier alpha value is -2.37. The van der Waals surface area contributed by atoms with Gasteiger partial charge in [-0.25, -0.2) is 4.99 Å². The van der Waals surface area contributed by atoms with Crippen LogP contribution in [0.5, 0.6) is 0 Å². The third-order valence-corrected chi connectivity index (χ3v) is 4.11. The van der Waals surface area contributed by atoms with Crippen LogP contribution in [0.2, 0.25) is 0 Å². The Kier molecular flexibility index (Phi) is 4.90. The van der Waals surface area contributed by atoms with Crippen LogP contribution in [-0.2, 0) is 26.1 Å². The number of benzene rings is 1. The van der Waals surface area contributed by atoms with Gasteiger partial charge in [0.2, 0.25) is 0 Å². The first kappa shape index (κ1) is 15.5. The predicted molar refractivity (Wildman–Crippen MR) is 91.2 cm³/mol. The lowest BCUT2D eigenvalue weighted by atomic mass is 10.1. The Balaban J connectivity index is 1.64. The lowest BCUT2D eigenvalue weighted by molar-refractivity contribution is 0.663. The van der Waals surface area contributed by atoms with Gasteiger partial charge in [0.25, 0.3) is 0 Å². The van der Waals surface area contributed by atoms with Crippen LogP contribution < -0.4 is 10.6 Å². The van der Waals surface area contributed by atoms with Crippen LogP contribution in [0.25, 0.3) is 0 Å². The zero-order chi connectivity index (χ0) is 16.1. The minimum absolute atomic E-state index is 0.645. The average molecular weight is 312 g/mol. The Morgan fingerprint density at radius 3 is 2.96 bits per heavy atom. The molecule has 122 valence electrons. The second-order valence-electron chi connectivity index (χ2n) is 5.76. The molecule has 0 aliphatic carbocycles. The lowest BCUT2D eigenvalue weighted by Gasteiger charge is -2.11. The Labute approximate surface area is 137 Å². The molecule has 1 aromatic carbocycles.